The molecular formula is C20H16ClFN2O. The third-order valence-corrected chi connectivity index (χ3v) is 4.78. The van der Waals surface area contributed by atoms with Gasteiger partial charge in [-0.3, -0.25) is 4.79 Å². The summed E-state index contributed by atoms with van der Waals surface area (Å²) < 4.78 is 14.2. The molecule has 1 amide bonds. The van der Waals surface area contributed by atoms with Gasteiger partial charge in [-0.15, -0.1) is 0 Å². The van der Waals surface area contributed by atoms with Crippen molar-refractivity contribution in [3.63, 3.8) is 0 Å². The number of hydrogen-bond acceptors (Lipinski definition) is 2. The third kappa shape index (κ3) is 2.98. The minimum absolute atomic E-state index is 0.0512. The first kappa shape index (κ1) is 16.0. The van der Waals surface area contributed by atoms with E-state index in [-0.39, 0.29) is 11.7 Å². The Morgan fingerprint density at radius 1 is 1.08 bits per heavy atom. The summed E-state index contributed by atoms with van der Waals surface area (Å²) in [6.07, 6.45) is 2.02. The number of carbonyl (C=O) groups excluding carboxylic acids is 1. The van der Waals surface area contributed by atoms with Crippen molar-refractivity contribution in [1.82, 2.24) is 9.88 Å². The fourth-order valence-electron chi connectivity index (χ4n) is 3.27. The first-order chi connectivity index (χ1) is 12.1. The van der Waals surface area contributed by atoms with Crippen LogP contribution in [0.5, 0.6) is 0 Å². The number of amides is 1. The summed E-state index contributed by atoms with van der Waals surface area (Å²) in [6, 6.07) is 13.4. The average molecular weight is 355 g/mol. The van der Waals surface area contributed by atoms with Gasteiger partial charge in [0.25, 0.3) is 5.91 Å². The average Bonchev–Trinajstić information content (AvgIpc) is 3.15. The second-order valence-electron chi connectivity index (χ2n) is 6.20. The fraction of sp³-hybridized carbons (Fsp3) is 0.200. The van der Waals surface area contributed by atoms with Crippen molar-refractivity contribution in [2.45, 2.75) is 12.8 Å². The van der Waals surface area contributed by atoms with Gasteiger partial charge in [-0.25, -0.2) is 9.37 Å². The Kier molecular flexibility index (Phi) is 4.14. The molecule has 1 aromatic heterocycles. The van der Waals surface area contributed by atoms with Crippen molar-refractivity contribution in [1.29, 1.82) is 0 Å². The van der Waals surface area contributed by atoms with Crippen LogP contribution in [0, 0.1) is 5.82 Å². The number of rotatable bonds is 2. The maximum absolute atomic E-state index is 14.2. The highest BCUT2D eigenvalue weighted by Crippen LogP contribution is 2.29. The number of aromatic nitrogens is 1. The summed E-state index contributed by atoms with van der Waals surface area (Å²) in [5.41, 5.74) is 1.99. The van der Waals surface area contributed by atoms with Gasteiger partial charge < -0.3 is 4.90 Å². The molecule has 1 saturated heterocycles. The van der Waals surface area contributed by atoms with E-state index in [1.807, 2.05) is 4.90 Å². The van der Waals surface area contributed by atoms with Crippen molar-refractivity contribution in [2.75, 3.05) is 13.1 Å². The van der Waals surface area contributed by atoms with Gasteiger partial charge in [0.1, 0.15) is 5.82 Å². The lowest BCUT2D eigenvalue weighted by atomic mass is 10.0. The number of halogens is 2. The van der Waals surface area contributed by atoms with Crippen molar-refractivity contribution in [2.24, 2.45) is 0 Å². The second kappa shape index (κ2) is 6.45. The van der Waals surface area contributed by atoms with Crippen LogP contribution in [0.2, 0.25) is 5.02 Å². The molecule has 5 heteroatoms. The van der Waals surface area contributed by atoms with Crippen LogP contribution in [0.15, 0.2) is 48.5 Å². The fourth-order valence-corrected chi connectivity index (χ4v) is 3.44. The van der Waals surface area contributed by atoms with Gasteiger partial charge >= 0.3 is 0 Å². The van der Waals surface area contributed by atoms with Gasteiger partial charge in [-0.05, 0) is 49.2 Å². The van der Waals surface area contributed by atoms with Crippen LogP contribution in [0.25, 0.3) is 22.2 Å². The molecule has 0 aliphatic carbocycles. The summed E-state index contributed by atoms with van der Waals surface area (Å²) in [5, 5.41) is 1.24. The van der Waals surface area contributed by atoms with E-state index in [2.05, 4.69) is 4.98 Å². The molecule has 1 aliphatic heterocycles. The molecule has 4 rings (SSSR count). The Balaban J connectivity index is 1.93. The minimum Gasteiger partial charge on any atom is -0.339 e. The summed E-state index contributed by atoms with van der Waals surface area (Å²) in [5.74, 6) is -0.410. The molecule has 0 N–H and O–H groups in total. The van der Waals surface area contributed by atoms with Crippen LogP contribution in [0.1, 0.15) is 23.2 Å². The Morgan fingerprint density at radius 2 is 1.84 bits per heavy atom. The molecular weight excluding hydrogens is 339 g/mol. The molecule has 2 heterocycles. The van der Waals surface area contributed by atoms with Gasteiger partial charge in [0.15, 0.2) is 0 Å². The van der Waals surface area contributed by atoms with Gasteiger partial charge in [0, 0.05) is 29.1 Å². The number of benzene rings is 2. The lowest BCUT2D eigenvalue weighted by Gasteiger charge is -2.17. The molecule has 0 radical (unpaired) electrons. The van der Waals surface area contributed by atoms with E-state index >= 15 is 0 Å². The molecule has 2 aromatic carbocycles. The Labute approximate surface area is 150 Å². The molecule has 1 aliphatic rings. The van der Waals surface area contributed by atoms with E-state index in [1.54, 1.807) is 42.5 Å². The van der Waals surface area contributed by atoms with Crippen molar-refractivity contribution < 1.29 is 9.18 Å². The smallest absolute Gasteiger partial charge is 0.254 e. The summed E-state index contributed by atoms with van der Waals surface area (Å²) in [6.45, 7) is 1.50. The van der Waals surface area contributed by atoms with Crippen LogP contribution in [0.3, 0.4) is 0 Å². The van der Waals surface area contributed by atoms with E-state index in [4.69, 9.17) is 11.6 Å². The molecule has 0 unspecified atom stereocenters. The predicted octanol–water partition coefficient (Wildman–Crippen LogP) is 4.93. The van der Waals surface area contributed by atoms with Gasteiger partial charge in [0.05, 0.1) is 16.8 Å². The lowest BCUT2D eigenvalue weighted by Crippen LogP contribution is -2.27. The van der Waals surface area contributed by atoms with Gasteiger partial charge in [0.2, 0.25) is 0 Å². The largest absolute Gasteiger partial charge is 0.339 e. The molecule has 3 nitrogen and oxygen atoms in total. The second-order valence-corrected chi connectivity index (χ2v) is 6.63. The first-order valence-electron chi connectivity index (χ1n) is 8.28. The van der Waals surface area contributed by atoms with Crippen molar-refractivity contribution in [3.8, 4) is 11.3 Å². The monoisotopic (exact) mass is 354 g/mol. The summed E-state index contributed by atoms with van der Waals surface area (Å²) >= 11 is 6.12. The van der Waals surface area contributed by atoms with Crippen molar-refractivity contribution >= 4 is 28.4 Å². The molecule has 0 spiro atoms. The van der Waals surface area contributed by atoms with E-state index in [0.29, 0.717) is 32.7 Å². The highest BCUT2D eigenvalue weighted by molar-refractivity contribution is 6.31. The number of hydrogen-bond donors (Lipinski definition) is 0. The normalized spacial score (nSPS) is 14.2. The maximum atomic E-state index is 14.2. The lowest BCUT2D eigenvalue weighted by molar-refractivity contribution is 0.0794. The minimum atomic E-state index is -0.358. The Hall–Kier alpha value is -2.46. The number of pyridine rings is 1. The molecule has 1 fully saturated rings. The summed E-state index contributed by atoms with van der Waals surface area (Å²) in [7, 11) is 0. The number of fused-ring (bicyclic) bond motifs is 1. The van der Waals surface area contributed by atoms with Crippen molar-refractivity contribution in [3.05, 3.63) is 64.9 Å². The van der Waals surface area contributed by atoms with Crippen LogP contribution >= 0.6 is 11.6 Å². The maximum Gasteiger partial charge on any atom is 0.254 e. The molecule has 126 valence electrons. The number of carbonyl (C=O) groups is 1. The molecule has 3 aromatic rings. The predicted molar refractivity (Wildman–Crippen MR) is 97.3 cm³/mol. The Morgan fingerprint density at radius 3 is 2.60 bits per heavy atom. The van der Waals surface area contributed by atoms with Crippen LogP contribution in [-0.2, 0) is 0 Å². The third-order valence-electron chi connectivity index (χ3n) is 4.54. The quantitative estimate of drug-likeness (QED) is 0.653. The van der Waals surface area contributed by atoms with E-state index in [9.17, 15) is 9.18 Å². The van der Waals surface area contributed by atoms with Gasteiger partial charge in [-0.1, -0.05) is 23.7 Å². The Bertz CT molecular complexity index is 967. The standard InChI is InChI=1S/C20H16ClFN2O/c21-13-7-8-18-15(11-13)16(20(25)24-9-3-4-10-24)12-19(23-18)14-5-1-2-6-17(14)22/h1-2,5-8,11-12H,3-4,9-10H2. The molecule has 0 atom stereocenters. The highest BCUT2D eigenvalue weighted by Gasteiger charge is 2.23. The first-order valence-corrected chi connectivity index (χ1v) is 8.66. The van der Waals surface area contributed by atoms with Gasteiger partial charge in [-0.2, -0.15) is 0 Å². The number of nitrogens with zero attached hydrogens (tertiary/aromatic N) is 2. The van der Waals surface area contributed by atoms with E-state index in [0.717, 1.165) is 25.9 Å². The molecule has 0 saturated carbocycles. The van der Waals surface area contributed by atoms with E-state index < -0.39 is 0 Å². The zero-order chi connectivity index (χ0) is 17.4. The van der Waals surface area contributed by atoms with Crippen LogP contribution < -0.4 is 0 Å². The van der Waals surface area contributed by atoms with Crippen LogP contribution in [0.4, 0.5) is 4.39 Å². The highest BCUT2D eigenvalue weighted by atomic mass is 35.5. The zero-order valence-electron chi connectivity index (χ0n) is 13.5. The molecule has 0 bridgehead atoms. The SMILES string of the molecule is O=C(c1cc(-c2ccccc2F)nc2ccc(Cl)cc12)N1CCCC1. The zero-order valence-corrected chi connectivity index (χ0v) is 14.3. The number of likely N-dealkylation sites (tertiary alicyclic amines) is 1. The molecule has 25 heavy (non-hydrogen) atoms. The van der Waals surface area contributed by atoms with E-state index in [1.165, 1.54) is 6.07 Å². The topological polar surface area (TPSA) is 33.2 Å². The van der Waals surface area contributed by atoms with Crippen LogP contribution in [-0.4, -0.2) is 28.9 Å². The summed E-state index contributed by atoms with van der Waals surface area (Å²) in [4.78, 5) is 19.4.